The number of aromatic nitrogens is 2. The van der Waals surface area contributed by atoms with E-state index in [-0.39, 0.29) is 11.9 Å². The highest BCUT2D eigenvalue weighted by Gasteiger charge is 2.30. The molecule has 138 valence electrons. The summed E-state index contributed by atoms with van der Waals surface area (Å²) in [5.74, 6) is 0.518. The van der Waals surface area contributed by atoms with Crippen LogP contribution < -0.4 is 5.32 Å². The van der Waals surface area contributed by atoms with Crippen LogP contribution in [0.2, 0.25) is 0 Å². The minimum Gasteiger partial charge on any atom is -0.351 e. The number of aryl methyl sites for hydroxylation is 1. The summed E-state index contributed by atoms with van der Waals surface area (Å²) in [6.07, 6.45) is 4.51. The van der Waals surface area contributed by atoms with Crippen LogP contribution in [0.25, 0.3) is 0 Å². The van der Waals surface area contributed by atoms with Crippen molar-refractivity contribution in [1.82, 2.24) is 20.4 Å². The van der Waals surface area contributed by atoms with Gasteiger partial charge in [-0.05, 0) is 50.3 Å². The number of piperidine rings is 1. The minimum atomic E-state index is 0.101. The first-order valence-corrected chi connectivity index (χ1v) is 11.0. The van der Waals surface area contributed by atoms with Crippen LogP contribution in [-0.4, -0.2) is 51.9 Å². The number of rotatable bonds is 5. The summed E-state index contributed by atoms with van der Waals surface area (Å²) in [5, 5.41) is 12.2. The number of hydrogen-bond donors (Lipinski definition) is 1. The Morgan fingerprint density at radius 3 is 2.77 bits per heavy atom. The number of carbonyl (C=O) groups is 1. The first kappa shape index (κ1) is 17.9. The normalized spacial score (nSPS) is 20.9. The molecule has 2 aromatic rings. The van der Waals surface area contributed by atoms with Gasteiger partial charge in [-0.15, -0.1) is 10.2 Å². The third-order valence-corrected chi connectivity index (χ3v) is 7.17. The first-order chi connectivity index (χ1) is 12.7. The van der Waals surface area contributed by atoms with E-state index in [0.717, 1.165) is 48.1 Å². The van der Waals surface area contributed by atoms with Crippen molar-refractivity contribution in [2.45, 2.75) is 49.0 Å². The molecule has 0 bridgehead atoms. The molecule has 0 unspecified atom stereocenters. The Labute approximate surface area is 162 Å². The second-order valence-corrected chi connectivity index (χ2v) is 9.51. The fraction of sp³-hybridized carbons (Fsp3) is 0.526. The van der Waals surface area contributed by atoms with E-state index in [1.807, 2.05) is 6.92 Å². The highest BCUT2D eigenvalue weighted by atomic mass is 32.2. The summed E-state index contributed by atoms with van der Waals surface area (Å²) < 4.78 is 0.867. The van der Waals surface area contributed by atoms with Crippen LogP contribution in [-0.2, 0) is 17.6 Å². The van der Waals surface area contributed by atoms with Gasteiger partial charge in [-0.25, -0.2) is 0 Å². The summed E-state index contributed by atoms with van der Waals surface area (Å²) in [5.41, 5.74) is 2.99. The van der Waals surface area contributed by atoms with Gasteiger partial charge in [0.25, 0.3) is 0 Å². The maximum absolute atomic E-state index is 12.3. The minimum absolute atomic E-state index is 0.101. The van der Waals surface area contributed by atoms with Gasteiger partial charge < -0.3 is 5.32 Å². The number of nitrogens with zero attached hydrogens (tertiary/aromatic N) is 3. The molecule has 1 atom stereocenters. The van der Waals surface area contributed by atoms with Crippen LogP contribution in [0.1, 0.15) is 29.0 Å². The van der Waals surface area contributed by atoms with Crippen molar-refractivity contribution in [2.24, 2.45) is 0 Å². The maximum Gasteiger partial charge on any atom is 0.230 e. The molecule has 1 N–H and O–H groups in total. The Morgan fingerprint density at radius 2 is 2.08 bits per heavy atom. The quantitative estimate of drug-likeness (QED) is 0.798. The Morgan fingerprint density at radius 1 is 1.31 bits per heavy atom. The van der Waals surface area contributed by atoms with Gasteiger partial charge in [-0.3, -0.25) is 9.69 Å². The van der Waals surface area contributed by atoms with Gasteiger partial charge in [0.15, 0.2) is 4.34 Å². The van der Waals surface area contributed by atoms with Gasteiger partial charge in [0.2, 0.25) is 5.91 Å². The van der Waals surface area contributed by atoms with Crippen LogP contribution in [0, 0.1) is 6.92 Å². The fourth-order valence-electron chi connectivity index (χ4n) is 3.98. The Balaban J connectivity index is 1.26. The molecule has 1 amide bonds. The van der Waals surface area contributed by atoms with Crippen molar-refractivity contribution >= 4 is 29.0 Å². The molecule has 4 rings (SSSR count). The summed E-state index contributed by atoms with van der Waals surface area (Å²) in [6.45, 7) is 4.04. The van der Waals surface area contributed by atoms with Crippen molar-refractivity contribution in [2.75, 3.05) is 18.8 Å². The van der Waals surface area contributed by atoms with E-state index in [0.29, 0.717) is 11.8 Å². The van der Waals surface area contributed by atoms with Crippen molar-refractivity contribution in [1.29, 1.82) is 0 Å². The van der Waals surface area contributed by atoms with E-state index in [9.17, 15) is 4.79 Å². The zero-order chi connectivity index (χ0) is 17.9. The summed E-state index contributed by atoms with van der Waals surface area (Å²) in [4.78, 5) is 14.9. The molecule has 0 radical (unpaired) electrons. The number of nitrogens with one attached hydrogen (secondary N) is 1. The molecule has 1 saturated heterocycles. The molecule has 7 heteroatoms. The van der Waals surface area contributed by atoms with Crippen molar-refractivity contribution in [3.05, 3.63) is 40.4 Å². The molecule has 1 aromatic carbocycles. The van der Waals surface area contributed by atoms with Gasteiger partial charge >= 0.3 is 0 Å². The largest absolute Gasteiger partial charge is 0.351 e. The molecule has 5 nitrogen and oxygen atoms in total. The molecular formula is C19H24N4OS2. The van der Waals surface area contributed by atoms with Crippen molar-refractivity contribution < 1.29 is 4.79 Å². The zero-order valence-corrected chi connectivity index (χ0v) is 16.6. The van der Waals surface area contributed by atoms with Gasteiger partial charge in [0, 0.05) is 18.6 Å². The predicted octanol–water partition coefficient (Wildman–Crippen LogP) is 2.69. The van der Waals surface area contributed by atoms with Crippen LogP contribution >= 0.6 is 23.1 Å². The molecule has 2 heterocycles. The molecule has 0 saturated carbocycles. The topological polar surface area (TPSA) is 58.1 Å². The lowest BCUT2D eigenvalue weighted by molar-refractivity contribution is -0.119. The molecule has 26 heavy (non-hydrogen) atoms. The lowest BCUT2D eigenvalue weighted by atomic mass is 10.0. The third kappa shape index (κ3) is 4.27. The molecular weight excluding hydrogens is 364 g/mol. The second-order valence-electron chi connectivity index (χ2n) is 7.11. The average Bonchev–Trinajstić information content (AvgIpc) is 3.26. The van der Waals surface area contributed by atoms with E-state index < -0.39 is 0 Å². The molecule has 1 aromatic heterocycles. The first-order valence-electron chi connectivity index (χ1n) is 9.20. The number of amides is 1. The van der Waals surface area contributed by atoms with Crippen LogP contribution in [0.5, 0.6) is 0 Å². The molecule has 2 aliphatic rings. The Hall–Kier alpha value is -1.44. The van der Waals surface area contributed by atoms with Gasteiger partial charge in [0.05, 0.1) is 5.75 Å². The smallest absolute Gasteiger partial charge is 0.230 e. The SMILES string of the molecule is Cc1nnc(SCC(=O)N[C@@H]2CCCN(C3Cc4ccccc4C3)C2)s1. The highest BCUT2D eigenvalue weighted by molar-refractivity contribution is 8.01. The molecule has 0 spiro atoms. The summed E-state index contributed by atoms with van der Waals surface area (Å²) >= 11 is 3.01. The maximum atomic E-state index is 12.3. The van der Waals surface area contributed by atoms with E-state index in [4.69, 9.17) is 0 Å². The zero-order valence-electron chi connectivity index (χ0n) is 15.0. The monoisotopic (exact) mass is 388 g/mol. The summed E-state index contributed by atoms with van der Waals surface area (Å²) in [6, 6.07) is 9.63. The van der Waals surface area contributed by atoms with Crippen LogP contribution in [0.4, 0.5) is 0 Å². The average molecular weight is 389 g/mol. The molecule has 1 aliphatic carbocycles. The number of likely N-dealkylation sites (tertiary alicyclic amines) is 1. The second kappa shape index (κ2) is 8.06. The fourth-order valence-corrected chi connectivity index (χ4v) is 5.61. The third-order valence-electron chi connectivity index (χ3n) is 5.20. The molecule has 1 fully saturated rings. The Bertz CT molecular complexity index is 753. The van der Waals surface area contributed by atoms with E-state index >= 15 is 0 Å². The number of hydrogen-bond acceptors (Lipinski definition) is 6. The lowest BCUT2D eigenvalue weighted by Gasteiger charge is -2.37. The van der Waals surface area contributed by atoms with Gasteiger partial charge in [0.1, 0.15) is 5.01 Å². The lowest BCUT2D eigenvalue weighted by Crippen LogP contribution is -2.51. The van der Waals surface area contributed by atoms with Crippen molar-refractivity contribution in [3.8, 4) is 0 Å². The van der Waals surface area contributed by atoms with Crippen LogP contribution in [0.3, 0.4) is 0 Å². The number of carbonyl (C=O) groups excluding carboxylic acids is 1. The number of thioether (sulfide) groups is 1. The highest BCUT2D eigenvalue weighted by Crippen LogP contribution is 2.27. The van der Waals surface area contributed by atoms with Crippen LogP contribution in [0.15, 0.2) is 28.6 Å². The van der Waals surface area contributed by atoms with Crippen molar-refractivity contribution in [3.63, 3.8) is 0 Å². The van der Waals surface area contributed by atoms with Gasteiger partial charge in [-0.2, -0.15) is 0 Å². The summed E-state index contributed by atoms with van der Waals surface area (Å²) in [7, 11) is 0. The number of fused-ring (bicyclic) bond motifs is 1. The van der Waals surface area contributed by atoms with Gasteiger partial charge in [-0.1, -0.05) is 47.4 Å². The standard InChI is InChI=1S/C19H24N4OS2/c1-13-21-22-19(26-13)25-12-18(24)20-16-7-4-8-23(11-16)17-9-14-5-2-3-6-15(14)10-17/h2-3,5-6,16-17H,4,7-12H2,1H3,(H,20,24)/t16-/m1/s1. The Kier molecular flexibility index (Phi) is 5.57. The number of benzene rings is 1. The predicted molar refractivity (Wildman–Crippen MR) is 106 cm³/mol. The van der Waals surface area contributed by atoms with E-state index in [2.05, 4.69) is 44.7 Å². The van der Waals surface area contributed by atoms with E-state index in [1.54, 1.807) is 0 Å². The molecule has 1 aliphatic heterocycles. The van der Waals surface area contributed by atoms with E-state index in [1.165, 1.54) is 34.2 Å².